The van der Waals surface area contributed by atoms with Crippen LogP contribution >= 0.6 is 0 Å². The third-order valence-corrected chi connectivity index (χ3v) is 3.76. The summed E-state index contributed by atoms with van der Waals surface area (Å²) in [4.78, 5) is 14.4. The van der Waals surface area contributed by atoms with E-state index in [1.165, 1.54) is 0 Å². The van der Waals surface area contributed by atoms with Crippen LogP contribution in [0, 0.1) is 5.92 Å². The van der Waals surface area contributed by atoms with Gasteiger partial charge < -0.3 is 10.2 Å². The summed E-state index contributed by atoms with van der Waals surface area (Å²) in [7, 11) is 1.91. The molecule has 1 aromatic heterocycles. The van der Waals surface area contributed by atoms with Crippen molar-refractivity contribution >= 4 is 5.91 Å². The summed E-state index contributed by atoms with van der Waals surface area (Å²) in [6.07, 6.45) is 3.89. The topological polar surface area (TPSA) is 50.2 Å². The summed E-state index contributed by atoms with van der Waals surface area (Å²) < 4.78 is 1.80. The normalized spacial score (nSPS) is 23.3. The minimum absolute atomic E-state index is 0.0501. The molecule has 1 fully saturated rings. The molecule has 0 aromatic carbocycles. The molecule has 1 N–H and O–H groups in total. The van der Waals surface area contributed by atoms with Gasteiger partial charge in [0.05, 0.1) is 12.1 Å². The fourth-order valence-electron chi connectivity index (χ4n) is 2.69. The summed E-state index contributed by atoms with van der Waals surface area (Å²) >= 11 is 0. The van der Waals surface area contributed by atoms with Gasteiger partial charge in [0.1, 0.15) is 0 Å². The van der Waals surface area contributed by atoms with Gasteiger partial charge in [0.25, 0.3) is 0 Å². The van der Waals surface area contributed by atoms with E-state index in [1.807, 2.05) is 38.2 Å². The lowest BCUT2D eigenvalue weighted by atomic mass is 9.90. The number of carbonyl (C=O) groups excluding carboxylic acids is 1. The first kappa shape index (κ1) is 13.1. The molecular weight excluding hydrogens is 228 g/mol. The van der Waals surface area contributed by atoms with E-state index in [-0.39, 0.29) is 17.7 Å². The Balaban J connectivity index is 2.14. The highest BCUT2D eigenvalue weighted by atomic mass is 16.2. The van der Waals surface area contributed by atoms with Crippen molar-refractivity contribution in [1.82, 2.24) is 20.0 Å². The lowest BCUT2D eigenvalue weighted by Crippen LogP contribution is -2.38. The van der Waals surface area contributed by atoms with Crippen LogP contribution in [0.1, 0.15) is 25.3 Å². The van der Waals surface area contributed by atoms with E-state index in [4.69, 9.17) is 0 Å². The molecule has 0 aliphatic carbocycles. The molecule has 0 saturated carbocycles. The monoisotopic (exact) mass is 250 g/mol. The van der Waals surface area contributed by atoms with E-state index < -0.39 is 0 Å². The van der Waals surface area contributed by atoms with Gasteiger partial charge in [-0.2, -0.15) is 5.10 Å². The van der Waals surface area contributed by atoms with Crippen LogP contribution in [0.5, 0.6) is 0 Å². The van der Waals surface area contributed by atoms with Crippen LogP contribution in [0.25, 0.3) is 0 Å². The minimum Gasteiger partial charge on any atom is -0.343 e. The lowest BCUT2D eigenvalue weighted by molar-refractivity contribution is -0.134. The van der Waals surface area contributed by atoms with Gasteiger partial charge in [-0.15, -0.1) is 0 Å². The molecule has 1 aliphatic heterocycles. The predicted molar refractivity (Wildman–Crippen MR) is 70.2 cm³/mol. The van der Waals surface area contributed by atoms with Crippen LogP contribution in [0.2, 0.25) is 0 Å². The van der Waals surface area contributed by atoms with Gasteiger partial charge in [0.15, 0.2) is 0 Å². The molecule has 5 nitrogen and oxygen atoms in total. The number of nitrogens with one attached hydrogen (secondary N) is 1. The first-order chi connectivity index (χ1) is 8.67. The molecule has 0 spiro atoms. The summed E-state index contributed by atoms with van der Waals surface area (Å²) in [5, 5.41) is 7.53. The third kappa shape index (κ3) is 2.41. The number of amides is 1. The van der Waals surface area contributed by atoms with Gasteiger partial charge in [0, 0.05) is 45.3 Å². The summed E-state index contributed by atoms with van der Waals surface area (Å²) in [5.74, 6) is 0.569. The highest BCUT2D eigenvalue weighted by Crippen LogP contribution is 2.29. The van der Waals surface area contributed by atoms with Crippen molar-refractivity contribution in [3.8, 4) is 0 Å². The van der Waals surface area contributed by atoms with Crippen molar-refractivity contribution < 1.29 is 4.79 Å². The summed E-state index contributed by atoms with van der Waals surface area (Å²) in [5.41, 5.74) is 1.16. The maximum absolute atomic E-state index is 12.5. The van der Waals surface area contributed by atoms with Gasteiger partial charge >= 0.3 is 0 Å². The van der Waals surface area contributed by atoms with E-state index in [2.05, 4.69) is 10.4 Å². The molecular formula is C13H22N4O. The Morgan fingerprint density at radius 3 is 2.78 bits per heavy atom. The molecule has 18 heavy (non-hydrogen) atoms. The Hall–Kier alpha value is -1.36. The molecule has 1 saturated heterocycles. The van der Waals surface area contributed by atoms with Crippen LogP contribution in [0.15, 0.2) is 12.4 Å². The van der Waals surface area contributed by atoms with Crippen LogP contribution in [0.3, 0.4) is 0 Å². The molecule has 1 aromatic rings. The largest absolute Gasteiger partial charge is 0.343 e. The average Bonchev–Trinajstić information content (AvgIpc) is 2.98. The molecule has 0 unspecified atom stereocenters. The second-order valence-corrected chi connectivity index (χ2v) is 4.83. The molecule has 2 rings (SSSR count). The van der Waals surface area contributed by atoms with E-state index >= 15 is 0 Å². The number of rotatable bonds is 4. The predicted octanol–water partition coefficient (Wildman–Crippen LogP) is 0.591. The first-order valence-corrected chi connectivity index (χ1v) is 6.65. The number of aryl methyl sites for hydroxylation is 1. The molecule has 100 valence electrons. The van der Waals surface area contributed by atoms with Crippen LogP contribution in [-0.2, 0) is 11.8 Å². The fourth-order valence-corrected chi connectivity index (χ4v) is 2.69. The van der Waals surface area contributed by atoms with Crippen molar-refractivity contribution in [1.29, 1.82) is 0 Å². The third-order valence-electron chi connectivity index (χ3n) is 3.76. The molecule has 2 heterocycles. The zero-order chi connectivity index (χ0) is 13.1. The number of hydrogen-bond acceptors (Lipinski definition) is 3. The smallest absolute Gasteiger partial charge is 0.227 e. The zero-order valence-corrected chi connectivity index (χ0v) is 11.4. The Morgan fingerprint density at radius 1 is 1.50 bits per heavy atom. The Morgan fingerprint density at radius 2 is 2.22 bits per heavy atom. The van der Waals surface area contributed by atoms with Crippen molar-refractivity contribution in [2.45, 2.75) is 19.8 Å². The molecule has 2 atom stereocenters. The number of carbonyl (C=O) groups is 1. The van der Waals surface area contributed by atoms with Crippen LogP contribution < -0.4 is 5.32 Å². The maximum Gasteiger partial charge on any atom is 0.227 e. The maximum atomic E-state index is 12.5. The fraction of sp³-hybridized carbons (Fsp3) is 0.692. The highest BCUT2D eigenvalue weighted by molar-refractivity contribution is 5.80. The molecule has 5 heteroatoms. The van der Waals surface area contributed by atoms with E-state index in [0.717, 1.165) is 31.7 Å². The van der Waals surface area contributed by atoms with E-state index in [1.54, 1.807) is 4.68 Å². The SMILES string of the molecule is CCN(CC)C(=O)[C@H]1CNC[C@@H]1c1cnn(C)c1. The van der Waals surface area contributed by atoms with Gasteiger partial charge in [-0.3, -0.25) is 9.48 Å². The Kier molecular flexibility index (Phi) is 4.01. The average molecular weight is 250 g/mol. The summed E-state index contributed by atoms with van der Waals surface area (Å²) in [6, 6.07) is 0. The number of aromatic nitrogens is 2. The second kappa shape index (κ2) is 5.52. The van der Waals surface area contributed by atoms with Gasteiger partial charge in [-0.05, 0) is 19.4 Å². The van der Waals surface area contributed by atoms with Crippen molar-refractivity contribution in [2.24, 2.45) is 13.0 Å². The Labute approximate surface area is 108 Å². The summed E-state index contributed by atoms with van der Waals surface area (Å²) in [6.45, 7) is 7.27. The van der Waals surface area contributed by atoms with Gasteiger partial charge in [-0.25, -0.2) is 0 Å². The molecule has 1 amide bonds. The standard InChI is InChI=1S/C13H22N4O/c1-4-17(5-2)13(18)12-8-14-7-11(12)10-6-15-16(3)9-10/h6,9,11-12,14H,4-5,7-8H2,1-3H3/t11-,12+/m1/s1. The minimum atomic E-state index is 0.0501. The Bertz CT molecular complexity index is 411. The number of nitrogens with zero attached hydrogens (tertiary/aromatic N) is 3. The highest BCUT2D eigenvalue weighted by Gasteiger charge is 2.36. The zero-order valence-electron chi connectivity index (χ0n) is 11.4. The van der Waals surface area contributed by atoms with Crippen LogP contribution in [0.4, 0.5) is 0 Å². The van der Waals surface area contributed by atoms with Gasteiger partial charge in [-0.1, -0.05) is 0 Å². The van der Waals surface area contributed by atoms with E-state index in [0.29, 0.717) is 0 Å². The molecule has 1 aliphatic rings. The second-order valence-electron chi connectivity index (χ2n) is 4.83. The van der Waals surface area contributed by atoms with Crippen LogP contribution in [-0.4, -0.2) is 46.8 Å². The van der Waals surface area contributed by atoms with Crippen molar-refractivity contribution in [2.75, 3.05) is 26.2 Å². The van der Waals surface area contributed by atoms with Gasteiger partial charge in [0.2, 0.25) is 5.91 Å². The van der Waals surface area contributed by atoms with Crippen molar-refractivity contribution in [3.05, 3.63) is 18.0 Å². The first-order valence-electron chi connectivity index (χ1n) is 6.65. The number of hydrogen-bond donors (Lipinski definition) is 1. The molecule has 0 radical (unpaired) electrons. The lowest BCUT2D eigenvalue weighted by Gasteiger charge is -2.25. The quantitative estimate of drug-likeness (QED) is 0.851. The van der Waals surface area contributed by atoms with E-state index in [9.17, 15) is 4.79 Å². The molecule has 0 bridgehead atoms. The van der Waals surface area contributed by atoms with Crippen molar-refractivity contribution in [3.63, 3.8) is 0 Å².